The predicted molar refractivity (Wildman–Crippen MR) is 78.7 cm³/mol. The third-order valence-electron chi connectivity index (χ3n) is 3.34. The highest BCUT2D eigenvalue weighted by Gasteiger charge is 2.29. The van der Waals surface area contributed by atoms with Crippen LogP contribution in [0.5, 0.6) is 5.75 Å². The van der Waals surface area contributed by atoms with Crippen molar-refractivity contribution >= 4 is 17.6 Å². The van der Waals surface area contributed by atoms with E-state index in [1.807, 2.05) is 0 Å². The summed E-state index contributed by atoms with van der Waals surface area (Å²) in [5, 5.41) is -0.397. The molecule has 0 heterocycles. The first-order valence-corrected chi connectivity index (χ1v) is 7.23. The second-order valence-electron chi connectivity index (χ2n) is 4.99. The zero-order valence-corrected chi connectivity index (χ0v) is 13.9. The lowest BCUT2D eigenvalue weighted by Gasteiger charge is -2.16. The molecule has 10 heteroatoms. The summed E-state index contributed by atoms with van der Waals surface area (Å²) in [6.45, 7) is 1.24. The third-order valence-corrected chi connectivity index (χ3v) is 3.63. The topological polar surface area (TPSA) is 35.5 Å². The fourth-order valence-electron chi connectivity index (χ4n) is 2.06. The standard InChI is InChI=1S/C16H9ClF6O3/c1-5(16(24)25-2)26-9-3-6(8(18)4-7(9)17)10-11(19)13(21)15(23)14(22)12(10)20/h3-5H,1-2H3. The minimum absolute atomic E-state index is 0.397. The molecule has 2 aromatic rings. The molecule has 2 aromatic carbocycles. The van der Waals surface area contributed by atoms with Gasteiger partial charge in [-0.25, -0.2) is 31.1 Å². The largest absolute Gasteiger partial charge is 0.477 e. The molecule has 0 saturated heterocycles. The third kappa shape index (κ3) is 3.44. The quantitative estimate of drug-likeness (QED) is 0.322. The van der Waals surface area contributed by atoms with Gasteiger partial charge in [0.05, 0.1) is 17.7 Å². The molecule has 1 atom stereocenters. The number of ether oxygens (including phenoxy) is 2. The van der Waals surface area contributed by atoms with Gasteiger partial charge in [-0.2, -0.15) is 0 Å². The van der Waals surface area contributed by atoms with E-state index in [4.69, 9.17) is 16.3 Å². The zero-order chi connectivity index (χ0) is 19.8. The Balaban J connectivity index is 2.66. The van der Waals surface area contributed by atoms with Gasteiger partial charge in [0.1, 0.15) is 11.6 Å². The molecule has 140 valence electrons. The molecule has 3 nitrogen and oxygen atoms in total. The summed E-state index contributed by atoms with van der Waals surface area (Å²) < 4.78 is 91.3. The summed E-state index contributed by atoms with van der Waals surface area (Å²) in [5.74, 6) is -13.9. The Morgan fingerprint density at radius 3 is 1.96 bits per heavy atom. The number of halogens is 7. The number of esters is 1. The molecule has 0 aliphatic carbocycles. The van der Waals surface area contributed by atoms with Crippen LogP contribution < -0.4 is 4.74 Å². The van der Waals surface area contributed by atoms with Crippen molar-refractivity contribution < 1.29 is 40.6 Å². The van der Waals surface area contributed by atoms with Gasteiger partial charge in [0, 0.05) is 5.56 Å². The van der Waals surface area contributed by atoms with Crippen molar-refractivity contribution in [3.8, 4) is 16.9 Å². The highest BCUT2D eigenvalue weighted by molar-refractivity contribution is 6.32. The maximum absolute atomic E-state index is 14.1. The SMILES string of the molecule is COC(=O)C(C)Oc1cc(-c2c(F)c(F)c(F)c(F)c2F)c(F)cc1Cl. The van der Waals surface area contributed by atoms with Gasteiger partial charge in [0.2, 0.25) is 5.82 Å². The molecular formula is C16H9ClF6O3. The van der Waals surface area contributed by atoms with Crippen molar-refractivity contribution in [3.63, 3.8) is 0 Å². The van der Waals surface area contributed by atoms with Gasteiger partial charge in [-0.1, -0.05) is 11.6 Å². The predicted octanol–water partition coefficient (Wildman–Crippen LogP) is 4.78. The monoisotopic (exact) mass is 398 g/mol. The maximum Gasteiger partial charge on any atom is 0.346 e. The van der Waals surface area contributed by atoms with Crippen LogP contribution in [-0.2, 0) is 9.53 Å². The maximum atomic E-state index is 14.1. The summed E-state index contributed by atoms with van der Waals surface area (Å²) in [6.07, 6.45) is -1.24. The van der Waals surface area contributed by atoms with E-state index in [0.29, 0.717) is 12.1 Å². The van der Waals surface area contributed by atoms with E-state index in [2.05, 4.69) is 4.74 Å². The van der Waals surface area contributed by atoms with E-state index >= 15 is 0 Å². The van der Waals surface area contributed by atoms with Crippen LogP contribution in [0, 0.1) is 34.9 Å². The number of hydrogen-bond acceptors (Lipinski definition) is 3. The number of hydrogen-bond donors (Lipinski definition) is 0. The van der Waals surface area contributed by atoms with E-state index in [0.717, 1.165) is 7.11 Å². The Morgan fingerprint density at radius 2 is 1.46 bits per heavy atom. The van der Waals surface area contributed by atoms with E-state index in [1.54, 1.807) is 0 Å². The molecule has 0 fully saturated rings. The second-order valence-corrected chi connectivity index (χ2v) is 5.40. The molecular weight excluding hydrogens is 390 g/mol. The van der Waals surface area contributed by atoms with Crippen LogP contribution in [0.25, 0.3) is 11.1 Å². The highest BCUT2D eigenvalue weighted by Crippen LogP contribution is 2.38. The van der Waals surface area contributed by atoms with Gasteiger partial charge in [0.15, 0.2) is 29.4 Å². The van der Waals surface area contributed by atoms with E-state index < -0.39 is 68.9 Å². The van der Waals surface area contributed by atoms with Crippen molar-refractivity contribution in [3.05, 3.63) is 52.1 Å². The Hall–Kier alpha value is -2.42. The molecule has 0 amide bonds. The Kier molecular flexibility index (Phi) is 5.70. The molecule has 0 aliphatic rings. The average molecular weight is 399 g/mol. The fourth-order valence-corrected chi connectivity index (χ4v) is 2.25. The van der Waals surface area contributed by atoms with Crippen LogP contribution in [-0.4, -0.2) is 19.2 Å². The minimum Gasteiger partial charge on any atom is -0.477 e. The van der Waals surface area contributed by atoms with Crippen molar-refractivity contribution in [2.24, 2.45) is 0 Å². The van der Waals surface area contributed by atoms with Crippen LogP contribution in [0.2, 0.25) is 5.02 Å². The first-order chi connectivity index (χ1) is 12.1. The lowest BCUT2D eigenvalue weighted by molar-refractivity contribution is -0.147. The number of carbonyl (C=O) groups is 1. The summed E-state index contributed by atoms with van der Waals surface area (Å²) >= 11 is 5.74. The summed E-state index contributed by atoms with van der Waals surface area (Å²) in [4.78, 5) is 11.4. The smallest absolute Gasteiger partial charge is 0.346 e. The molecule has 0 aromatic heterocycles. The molecule has 0 N–H and O–H groups in total. The van der Waals surface area contributed by atoms with Crippen molar-refractivity contribution in [2.75, 3.05) is 7.11 Å². The number of rotatable bonds is 4. The molecule has 26 heavy (non-hydrogen) atoms. The Bertz CT molecular complexity index is 858. The second kappa shape index (κ2) is 7.45. The molecule has 0 bridgehead atoms. The lowest BCUT2D eigenvalue weighted by Crippen LogP contribution is -2.25. The van der Waals surface area contributed by atoms with Gasteiger partial charge < -0.3 is 9.47 Å². The van der Waals surface area contributed by atoms with E-state index in [9.17, 15) is 31.1 Å². The Morgan fingerprint density at radius 1 is 0.962 bits per heavy atom. The number of benzene rings is 2. The molecule has 0 radical (unpaired) electrons. The number of methoxy groups -OCH3 is 1. The molecule has 0 aliphatic heterocycles. The van der Waals surface area contributed by atoms with Gasteiger partial charge in [-0.15, -0.1) is 0 Å². The van der Waals surface area contributed by atoms with Gasteiger partial charge in [-0.3, -0.25) is 0 Å². The van der Waals surface area contributed by atoms with Gasteiger partial charge >= 0.3 is 5.97 Å². The lowest BCUT2D eigenvalue weighted by atomic mass is 10.0. The van der Waals surface area contributed by atoms with Crippen molar-refractivity contribution in [2.45, 2.75) is 13.0 Å². The van der Waals surface area contributed by atoms with Crippen LogP contribution in [0.15, 0.2) is 12.1 Å². The van der Waals surface area contributed by atoms with Crippen LogP contribution in [0.1, 0.15) is 6.92 Å². The van der Waals surface area contributed by atoms with Crippen LogP contribution >= 0.6 is 11.6 Å². The summed E-state index contributed by atoms with van der Waals surface area (Å²) in [7, 11) is 1.06. The summed E-state index contributed by atoms with van der Waals surface area (Å²) in [5.41, 5.74) is -2.49. The molecule has 0 saturated carbocycles. The van der Waals surface area contributed by atoms with Crippen molar-refractivity contribution in [1.82, 2.24) is 0 Å². The van der Waals surface area contributed by atoms with Crippen LogP contribution in [0.3, 0.4) is 0 Å². The summed E-state index contributed by atoms with van der Waals surface area (Å²) in [6, 6.07) is 1.17. The normalized spacial score (nSPS) is 12.0. The first kappa shape index (κ1) is 19.9. The molecule has 2 rings (SSSR count). The van der Waals surface area contributed by atoms with E-state index in [-0.39, 0.29) is 0 Å². The minimum atomic E-state index is -2.38. The average Bonchev–Trinajstić information content (AvgIpc) is 2.61. The van der Waals surface area contributed by atoms with Crippen LogP contribution in [0.4, 0.5) is 26.3 Å². The molecule has 0 spiro atoms. The van der Waals surface area contributed by atoms with Gasteiger partial charge in [-0.05, 0) is 19.1 Å². The zero-order valence-electron chi connectivity index (χ0n) is 13.1. The van der Waals surface area contributed by atoms with Crippen molar-refractivity contribution in [1.29, 1.82) is 0 Å². The Labute approximate surface area is 148 Å². The highest BCUT2D eigenvalue weighted by atomic mass is 35.5. The van der Waals surface area contributed by atoms with E-state index in [1.165, 1.54) is 6.92 Å². The van der Waals surface area contributed by atoms with Gasteiger partial charge in [0.25, 0.3) is 0 Å². The first-order valence-electron chi connectivity index (χ1n) is 6.85. The fraction of sp³-hybridized carbons (Fsp3) is 0.188. The molecule has 1 unspecified atom stereocenters. The number of carbonyl (C=O) groups excluding carboxylic acids is 1.